The van der Waals surface area contributed by atoms with Crippen molar-refractivity contribution in [2.75, 3.05) is 13.6 Å². The van der Waals surface area contributed by atoms with E-state index in [0.29, 0.717) is 18.5 Å². The maximum Gasteiger partial charge on any atom is 0.420 e. The molecule has 0 spiro atoms. The topological polar surface area (TPSA) is 32.3 Å². The van der Waals surface area contributed by atoms with Crippen LogP contribution in [0.15, 0.2) is 16.6 Å². The van der Waals surface area contributed by atoms with Crippen molar-refractivity contribution in [3.63, 3.8) is 0 Å². The molecule has 0 aliphatic carbocycles. The van der Waals surface area contributed by atoms with Gasteiger partial charge in [0.1, 0.15) is 5.75 Å². The Morgan fingerprint density at radius 1 is 1.38 bits per heavy atom. The van der Waals surface area contributed by atoms with Crippen molar-refractivity contribution in [1.29, 1.82) is 0 Å². The standard InChI is InChI=1S/C10H11BrF3NO/c1-15-3-2-6-4-7(10(12,13)14)9(16)8(11)5-6/h4-5,15-16H,2-3H2,1H3. The molecule has 0 aromatic heterocycles. The van der Waals surface area contributed by atoms with E-state index < -0.39 is 17.5 Å². The molecule has 0 radical (unpaired) electrons. The van der Waals surface area contributed by atoms with E-state index in [4.69, 9.17) is 0 Å². The van der Waals surface area contributed by atoms with Crippen LogP contribution in [0.4, 0.5) is 13.2 Å². The molecule has 2 N–H and O–H groups in total. The van der Waals surface area contributed by atoms with Crippen molar-refractivity contribution in [1.82, 2.24) is 5.32 Å². The predicted octanol–water partition coefficient (Wildman–Crippen LogP) is 2.94. The second kappa shape index (κ2) is 5.05. The number of halogens is 4. The summed E-state index contributed by atoms with van der Waals surface area (Å²) in [5, 5.41) is 12.1. The fraction of sp³-hybridized carbons (Fsp3) is 0.400. The first kappa shape index (κ1) is 13.3. The van der Waals surface area contributed by atoms with Gasteiger partial charge in [0.25, 0.3) is 0 Å². The van der Waals surface area contributed by atoms with Gasteiger partial charge >= 0.3 is 6.18 Å². The SMILES string of the molecule is CNCCc1cc(Br)c(O)c(C(F)(F)F)c1. The second-order valence-corrected chi connectivity index (χ2v) is 4.18. The highest BCUT2D eigenvalue weighted by molar-refractivity contribution is 9.10. The average Bonchev–Trinajstić information content (AvgIpc) is 2.17. The lowest BCUT2D eigenvalue weighted by molar-refractivity contribution is -0.138. The lowest BCUT2D eigenvalue weighted by Gasteiger charge is -2.12. The van der Waals surface area contributed by atoms with E-state index in [1.165, 1.54) is 6.07 Å². The van der Waals surface area contributed by atoms with E-state index in [0.717, 1.165) is 6.07 Å². The van der Waals surface area contributed by atoms with Crippen LogP contribution in [-0.4, -0.2) is 18.7 Å². The molecular weight excluding hydrogens is 287 g/mol. The third-order valence-electron chi connectivity index (χ3n) is 2.09. The molecule has 0 unspecified atom stereocenters. The van der Waals surface area contributed by atoms with E-state index in [2.05, 4.69) is 21.2 Å². The Morgan fingerprint density at radius 3 is 2.50 bits per heavy atom. The monoisotopic (exact) mass is 297 g/mol. The van der Waals surface area contributed by atoms with Crippen molar-refractivity contribution < 1.29 is 18.3 Å². The van der Waals surface area contributed by atoms with Crippen LogP contribution in [-0.2, 0) is 12.6 Å². The van der Waals surface area contributed by atoms with E-state index in [1.54, 1.807) is 7.05 Å². The van der Waals surface area contributed by atoms with Gasteiger partial charge in [-0.2, -0.15) is 13.2 Å². The van der Waals surface area contributed by atoms with Gasteiger partial charge in [-0.05, 0) is 53.6 Å². The summed E-state index contributed by atoms with van der Waals surface area (Å²) in [6, 6.07) is 2.46. The minimum Gasteiger partial charge on any atom is -0.506 e. The third kappa shape index (κ3) is 3.12. The number of aromatic hydroxyl groups is 1. The molecule has 2 nitrogen and oxygen atoms in total. The van der Waals surface area contributed by atoms with E-state index in [9.17, 15) is 18.3 Å². The molecule has 0 saturated carbocycles. The highest BCUT2D eigenvalue weighted by Crippen LogP contribution is 2.40. The number of likely N-dealkylation sites (N-methyl/N-ethyl adjacent to an activating group) is 1. The van der Waals surface area contributed by atoms with Crippen molar-refractivity contribution in [3.05, 3.63) is 27.7 Å². The number of nitrogens with one attached hydrogen (secondary N) is 1. The van der Waals surface area contributed by atoms with Crippen LogP contribution in [0.25, 0.3) is 0 Å². The molecule has 0 aliphatic heterocycles. The van der Waals surface area contributed by atoms with Gasteiger partial charge in [0.2, 0.25) is 0 Å². The summed E-state index contributed by atoms with van der Waals surface area (Å²) in [7, 11) is 1.72. The van der Waals surface area contributed by atoms with Crippen molar-refractivity contribution >= 4 is 15.9 Å². The van der Waals surface area contributed by atoms with Crippen LogP contribution in [0.1, 0.15) is 11.1 Å². The Balaban J connectivity index is 3.12. The highest BCUT2D eigenvalue weighted by Gasteiger charge is 2.35. The molecule has 90 valence electrons. The summed E-state index contributed by atoms with van der Waals surface area (Å²) < 4.78 is 37.7. The average molecular weight is 298 g/mol. The number of benzene rings is 1. The van der Waals surface area contributed by atoms with Gasteiger partial charge in [-0.15, -0.1) is 0 Å². The molecule has 0 fully saturated rings. The molecule has 16 heavy (non-hydrogen) atoms. The fourth-order valence-corrected chi connectivity index (χ4v) is 1.79. The molecule has 1 rings (SSSR count). The molecule has 0 saturated heterocycles. The summed E-state index contributed by atoms with van der Waals surface area (Å²) in [6.45, 7) is 0.578. The molecule has 0 aliphatic rings. The fourth-order valence-electron chi connectivity index (χ4n) is 1.28. The van der Waals surface area contributed by atoms with Crippen LogP contribution in [0.5, 0.6) is 5.75 Å². The summed E-state index contributed by atoms with van der Waals surface area (Å²) in [6.07, 6.45) is -4.07. The molecule has 0 bridgehead atoms. The lowest BCUT2D eigenvalue weighted by atomic mass is 10.1. The first-order valence-corrected chi connectivity index (χ1v) is 5.38. The number of hydrogen-bond acceptors (Lipinski definition) is 2. The first-order valence-electron chi connectivity index (χ1n) is 4.59. The number of rotatable bonds is 3. The van der Waals surface area contributed by atoms with Gasteiger partial charge in [0.05, 0.1) is 10.0 Å². The summed E-state index contributed by atoms with van der Waals surface area (Å²) in [5.41, 5.74) is -0.487. The zero-order valence-corrected chi connectivity index (χ0v) is 10.1. The molecule has 6 heteroatoms. The molecule has 0 amide bonds. The molecular formula is C10H11BrF3NO. The van der Waals surface area contributed by atoms with Crippen molar-refractivity contribution in [2.45, 2.75) is 12.6 Å². The third-order valence-corrected chi connectivity index (χ3v) is 2.70. The molecule has 0 heterocycles. The Morgan fingerprint density at radius 2 is 2.00 bits per heavy atom. The van der Waals surface area contributed by atoms with Crippen LogP contribution < -0.4 is 5.32 Å². The smallest absolute Gasteiger partial charge is 0.420 e. The van der Waals surface area contributed by atoms with E-state index in [-0.39, 0.29) is 4.47 Å². The number of phenolic OH excluding ortho intramolecular Hbond substituents is 1. The van der Waals surface area contributed by atoms with Crippen LogP contribution in [0, 0.1) is 0 Å². The van der Waals surface area contributed by atoms with Crippen LogP contribution in [0.2, 0.25) is 0 Å². The van der Waals surface area contributed by atoms with Crippen molar-refractivity contribution in [3.8, 4) is 5.75 Å². The van der Waals surface area contributed by atoms with Crippen LogP contribution >= 0.6 is 15.9 Å². The largest absolute Gasteiger partial charge is 0.506 e. The van der Waals surface area contributed by atoms with Gasteiger partial charge in [-0.3, -0.25) is 0 Å². The van der Waals surface area contributed by atoms with Gasteiger partial charge in [0.15, 0.2) is 0 Å². The second-order valence-electron chi connectivity index (χ2n) is 3.33. The minimum atomic E-state index is -4.54. The van der Waals surface area contributed by atoms with Crippen molar-refractivity contribution in [2.24, 2.45) is 0 Å². The van der Waals surface area contributed by atoms with E-state index in [1.807, 2.05) is 0 Å². The normalized spacial score (nSPS) is 11.8. The Bertz CT molecular complexity index is 379. The lowest BCUT2D eigenvalue weighted by Crippen LogP contribution is -2.12. The zero-order valence-electron chi connectivity index (χ0n) is 8.53. The van der Waals surface area contributed by atoms with E-state index >= 15 is 0 Å². The summed E-state index contributed by atoms with van der Waals surface area (Å²) in [4.78, 5) is 0. The first-order chi connectivity index (χ1) is 7.36. The highest BCUT2D eigenvalue weighted by atomic mass is 79.9. The predicted molar refractivity (Wildman–Crippen MR) is 58.4 cm³/mol. The maximum atomic E-state index is 12.5. The van der Waals surface area contributed by atoms with Gasteiger partial charge in [-0.25, -0.2) is 0 Å². The molecule has 0 atom stereocenters. The summed E-state index contributed by atoms with van der Waals surface area (Å²) in [5.74, 6) is -0.763. The van der Waals surface area contributed by atoms with Gasteiger partial charge < -0.3 is 10.4 Å². The minimum absolute atomic E-state index is 0.0634. The molecule has 1 aromatic carbocycles. The Kier molecular flexibility index (Phi) is 4.21. The van der Waals surface area contributed by atoms with Gasteiger partial charge in [0, 0.05) is 0 Å². The zero-order chi connectivity index (χ0) is 12.3. The Hall–Kier alpha value is -0.750. The maximum absolute atomic E-state index is 12.5. The molecule has 1 aromatic rings. The number of hydrogen-bond donors (Lipinski definition) is 2. The van der Waals surface area contributed by atoms with Crippen LogP contribution in [0.3, 0.4) is 0 Å². The Labute approximate surface area is 99.6 Å². The summed E-state index contributed by atoms with van der Waals surface area (Å²) >= 11 is 2.91. The van der Waals surface area contributed by atoms with Gasteiger partial charge in [-0.1, -0.05) is 0 Å². The quantitative estimate of drug-likeness (QED) is 0.899. The number of alkyl halides is 3. The number of phenols is 1.